The van der Waals surface area contributed by atoms with Crippen LogP contribution in [0.5, 0.6) is 0 Å². The standard InChI is InChI=1S/C20H22N2O3S/c1-6-15(20(24)25-5)22-10-21-18-17(19(22)23)16(13(4)26-18)14-8-7-11(2)12(3)9-14/h7-10,15H,6H2,1-5H3. The number of aromatic nitrogens is 2. The first kappa shape index (κ1) is 18.3. The van der Waals surface area contributed by atoms with Crippen LogP contribution in [-0.4, -0.2) is 22.6 Å². The summed E-state index contributed by atoms with van der Waals surface area (Å²) in [5, 5.41) is 0.570. The minimum absolute atomic E-state index is 0.204. The molecule has 0 N–H and O–H groups in total. The first-order valence-electron chi connectivity index (χ1n) is 8.54. The molecule has 26 heavy (non-hydrogen) atoms. The van der Waals surface area contributed by atoms with Crippen LogP contribution in [-0.2, 0) is 9.53 Å². The summed E-state index contributed by atoms with van der Waals surface area (Å²) in [5.74, 6) is -0.435. The van der Waals surface area contributed by atoms with Gasteiger partial charge in [0.2, 0.25) is 0 Å². The highest BCUT2D eigenvalue weighted by atomic mass is 32.1. The number of hydrogen-bond donors (Lipinski definition) is 0. The molecule has 3 rings (SSSR count). The van der Waals surface area contributed by atoms with E-state index in [9.17, 15) is 9.59 Å². The number of thiophene rings is 1. The van der Waals surface area contributed by atoms with Gasteiger partial charge in [0, 0.05) is 10.4 Å². The third kappa shape index (κ3) is 2.94. The van der Waals surface area contributed by atoms with Gasteiger partial charge in [-0.15, -0.1) is 11.3 Å². The Hall–Kier alpha value is -2.47. The van der Waals surface area contributed by atoms with Crippen LogP contribution in [0.2, 0.25) is 0 Å². The number of hydrogen-bond acceptors (Lipinski definition) is 5. The lowest BCUT2D eigenvalue weighted by molar-refractivity contribution is -0.144. The van der Waals surface area contributed by atoms with Gasteiger partial charge < -0.3 is 4.74 Å². The Bertz CT molecular complexity index is 1050. The zero-order valence-corrected chi connectivity index (χ0v) is 16.4. The summed E-state index contributed by atoms with van der Waals surface area (Å²) in [6, 6.07) is 5.52. The summed E-state index contributed by atoms with van der Waals surface area (Å²) in [6.45, 7) is 7.97. The molecule has 0 spiro atoms. The number of ether oxygens (including phenoxy) is 1. The van der Waals surface area contributed by atoms with Gasteiger partial charge in [-0.25, -0.2) is 9.78 Å². The van der Waals surface area contributed by atoms with E-state index < -0.39 is 12.0 Å². The fourth-order valence-electron chi connectivity index (χ4n) is 3.20. The Morgan fingerprint density at radius 1 is 1.27 bits per heavy atom. The minimum atomic E-state index is -0.669. The van der Waals surface area contributed by atoms with Gasteiger partial charge in [0.05, 0.1) is 18.8 Å². The highest BCUT2D eigenvalue weighted by Crippen LogP contribution is 2.36. The molecule has 0 saturated heterocycles. The summed E-state index contributed by atoms with van der Waals surface area (Å²) < 4.78 is 6.24. The predicted octanol–water partition coefficient (Wildman–Crippen LogP) is 4.17. The quantitative estimate of drug-likeness (QED) is 0.647. The number of esters is 1. The molecule has 0 aliphatic rings. The molecule has 2 aromatic heterocycles. The molecule has 0 amide bonds. The fraction of sp³-hybridized carbons (Fsp3) is 0.350. The second-order valence-corrected chi connectivity index (χ2v) is 7.62. The average Bonchev–Trinajstić information content (AvgIpc) is 2.96. The van der Waals surface area contributed by atoms with Crippen LogP contribution >= 0.6 is 11.3 Å². The molecule has 1 atom stereocenters. The number of nitrogens with zero attached hydrogens (tertiary/aromatic N) is 2. The Balaban J connectivity index is 2.30. The summed E-state index contributed by atoms with van der Waals surface area (Å²) in [4.78, 5) is 31.5. The second kappa shape index (κ2) is 7.03. The van der Waals surface area contributed by atoms with Crippen molar-refractivity contribution in [3.63, 3.8) is 0 Å². The summed E-state index contributed by atoms with van der Waals surface area (Å²) >= 11 is 1.50. The van der Waals surface area contributed by atoms with Crippen LogP contribution in [0.1, 0.15) is 35.4 Å². The van der Waals surface area contributed by atoms with Crippen LogP contribution in [0.3, 0.4) is 0 Å². The van der Waals surface area contributed by atoms with E-state index in [1.54, 1.807) is 0 Å². The van der Waals surface area contributed by atoms with E-state index in [4.69, 9.17) is 4.74 Å². The maximum absolute atomic E-state index is 13.2. The monoisotopic (exact) mass is 370 g/mol. The maximum Gasteiger partial charge on any atom is 0.329 e. The fourth-order valence-corrected chi connectivity index (χ4v) is 4.20. The highest BCUT2D eigenvalue weighted by Gasteiger charge is 2.24. The molecular formula is C20H22N2O3S. The molecule has 0 bridgehead atoms. The minimum Gasteiger partial charge on any atom is -0.467 e. The average molecular weight is 370 g/mol. The van der Waals surface area contributed by atoms with Crippen LogP contribution in [0.25, 0.3) is 21.3 Å². The van der Waals surface area contributed by atoms with Gasteiger partial charge in [-0.1, -0.05) is 25.1 Å². The van der Waals surface area contributed by atoms with Gasteiger partial charge in [-0.2, -0.15) is 0 Å². The summed E-state index contributed by atoms with van der Waals surface area (Å²) in [5.41, 5.74) is 4.08. The van der Waals surface area contributed by atoms with Gasteiger partial charge in [0.15, 0.2) is 0 Å². The SMILES string of the molecule is CCC(C(=O)OC)n1cnc2sc(C)c(-c3ccc(C)c(C)c3)c2c1=O. The zero-order valence-electron chi connectivity index (χ0n) is 15.6. The first-order valence-corrected chi connectivity index (χ1v) is 9.36. The van der Waals surface area contributed by atoms with Crippen molar-refractivity contribution >= 4 is 27.5 Å². The molecule has 1 unspecified atom stereocenters. The van der Waals surface area contributed by atoms with Crippen molar-refractivity contribution in [3.8, 4) is 11.1 Å². The molecule has 0 saturated carbocycles. The highest BCUT2D eigenvalue weighted by molar-refractivity contribution is 7.19. The molecule has 1 aromatic carbocycles. The molecule has 0 radical (unpaired) electrons. The Kier molecular flexibility index (Phi) is 4.96. The van der Waals surface area contributed by atoms with E-state index >= 15 is 0 Å². The van der Waals surface area contributed by atoms with Gasteiger partial charge in [-0.3, -0.25) is 9.36 Å². The molecule has 0 aliphatic carbocycles. The van der Waals surface area contributed by atoms with Crippen LogP contribution < -0.4 is 5.56 Å². The number of aryl methyl sites for hydroxylation is 3. The second-order valence-electron chi connectivity index (χ2n) is 6.42. The lowest BCUT2D eigenvalue weighted by Crippen LogP contribution is -2.30. The van der Waals surface area contributed by atoms with Crippen molar-refractivity contribution in [1.29, 1.82) is 0 Å². The van der Waals surface area contributed by atoms with E-state index in [0.717, 1.165) is 16.0 Å². The number of benzene rings is 1. The van der Waals surface area contributed by atoms with Gasteiger partial charge >= 0.3 is 5.97 Å². The first-order chi connectivity index (χ1) is 12.4. The zero-order chi connectivity index (χ0) is 19.0. The lowest BCUT2D eigenvalue weighted by Gasteiger charge is -2.15. The molecule has 136 valence electrons. The summed E-state index contributed by atoms with van der Waals surface area (Å²) in [7, 11) is 1.33. The van der Waals surface area contributed by atoms with Crippen LogP contribution in [0.15, 0.2) is 29.3 Å². The normalized spacial score (nSPS) is 12.3. The topological polar surface area (TPSA) is 61.2 Å². The van der Waals surface area contributed by atoms with E-state index in [-0.39, 0.29) is 5.56 Å². The van der Waals surface area contributed by atoms with Gasteiger partial charge in [0.1, 0.15) is 10.9 Å². The Morgan fingerprint density at radius 3 is 2.62 bits per heavy atom. The molecule has 5 nitrogen and oxygen atoms in total. The number of methoxy groups -OCH3 is 1. The Morgan fingerprint density at radius 2 is 2.00 bits per heavy atom. The van der Waals surface area contributed by atoms with Crippen molar-refractivity contribution in [3.05, 3.63) is 50.9 Å². The van der Waals surface area contributed by atoms with Crippen molar-refractivity contribution in [1.82, 2.24) is 9.55 Å². The van der Waals surface area contributed by atoms with Crippen molar-refractivity contribution in [2.75, 3.05) is 7.11 Å². The van der Waals surface area contributed by atoms with Gasteiger partial charge in [0.25, 0.3) is 5.56 Å². The number of carbonyl (C=O) groups is 1. The van der Waals surface area contributed by atoms with E-state index in [0.29, 0.717) is 16.6 Å². The van der Waals surface area contributed by atoms with E-state index in [1.165, 1.54) is 40.5 Å². The number of rotatable bonds is 4. The van der Waals surface area contributed by atoms with E-state index in [1.807, 2.05) is 19.9 Å². The van der Waals surface area contributed by atoms with E-state index in [2.05, 4.69) is 31.0 Å². The predicted molar refractivity (Wildman–Crippen MR) is 105 cm³/mol. The van der Waals surface area contributed by atoms with Crippen LogP contribution in [0, 0.1) is 20.8 Å². The smallest absolute Gasteiger partial charge is 0.329 e. The lowest BCUT2D eigenvalue weighted by atomic mass is 9.99. The van der Waals surface area contributed by atoms with Gasteiger partial charge in [-0.05, 0) is 43.9 Å². The molecular weight excluding hydrogens is 348 g/mol. The number of fused-ring (bicyclic) bond motifs is 1. The third-order valence-corrected chi connectivity index (χ3v) is 5.82. The largest absolute Gasteiger partial charge is 0.467 e. The van der Waals surface area contributed by atoms with Crippen molar-refractivity contribution < 1.29 is 9.53 Å². The summed E-state index contributed by atoms with van der Waals surface area (Å²) in [6.07, 6.45) is 1.91. The van der Waals surface area contributed by atoms with Crippen molar-refractivity contribution in [2.45, 2.75) is 40.2 Å². The molecule has 0 fully saturated rings. The molecule has 2 heterocycles. The number of carbonyl (C=O) groups excluding carboxylic acids is 1. The molecule has 3 aromatic rings. The Labute approximate surface area is 156 Å². The maximum atomic E-state index is 13.2. The van der Waals surface area contributed by atoms with Crippen LogP contribution in [0.4, 0.5) is 0 Å². The molecule has 0 aliphatic heterocycles. The molecule has 6 heteroatoms. The third-order valence-electron chi connectivity index (χ3n) is 4.80. The van der Waals surface area contributed by atoms with Crippen molar-refractivity contribution in [2.24, 2.45) is 0 Å².